The molecule has 11 heteroatoms. The fourth-order valence-electron chi connectivity index (χ4n) is 4.37. The predicted molar refractivity (Wildman–Crippen MR) is 117 cm³/mol. The number of anilines is 1. The zero-order valence-electron chi connectivity index (χ0n) is 18.0. The van der Waals surface area contributed by atoms with Crippen molar-refractivity contribution in [1.82, 2.24) is 24.5 Å². The van der Waals surface area contributed by atoms with Gasteiger partial charge in [0.25, 0.3) is 5.88 Å². The average Bonchev–Trinajstić information content (AvgIpc) is 3.25. The summed E-state index contributed by atoms with van der Waals surface area (Å²) in [4.78, 5) is 23.4. The molecule has 5 heterocycles. The lowest BCUT2D eigenvalue weighted by Crippen LogP contribution is -2.44. The number of carbonyl (C=O) groups is 1. The molecule has 2 saturated heterocycles. The third-order valence-corrected chi connectivity index (χ3v) is 6.16. The van der Waals surface area contributed by atoms with Gasteiger partial charge in [0.15, 0.2) is 11.6 Å². The van der Waals surface area contributed by atoms with Crippen LogP contribution in [0, 0.1) is 5.82 Å². The summed E-state index contributed by atoms with van der Waals surface area (Å²) in [5, 5.41) is 23.5. The molecule has 2 aliphatic heterocycles. The highest BCUT2D eigenvalue weighted by Gasteiger charge is 2.30. The van der Waals surface area contributed by atoms with Crippen LogP contribution < -0.4 is 9.64 Å². The summed E-state index contributed by atoms with van der Waals surface area (Å²) >= 11 is 0. The SMILES string of the molecule is O=C(O)N1CCC[C@@H](Oc2nc(-c3cnn4ccccc34)nc(N3CCC(O)CC3)c2F)C1. The number of likely N-dealkylation sites (tertiary alicyclic amines) is 1. The summed E-state index contributed by atoms with van der Waals surface area (Å²) in [6.45, 7) is 1.49. The van der Waals surface area contributed by atoms with Gasteiger partial charge in [0.05, 0.1) is 29.9 Å². The molecule has 0 unspecified atom stereocenters. The molecule has 0 spiro atoms. The first-order valence-electron chi connectivity index (χ1n) is 11.1. The number of piperidine rings is 2. The molecular weight excluding hydrogens is 431 g/mol. The maximum absolute atomic E-state index is 15.6. The van der Waals surface area contributed by atoms with E-state index in [2.05, 4.69) is 15.1 Å². The number of aliphatic hydroxyl groups is 1. The third kappa shape index (κ3) is 4.28. The lowest BCUT2D eigenvalue weighted by molar-refractivity contribution is 0.0743. The van der Waals surface area contributed by atoms with E-state index in [1.165, 1.54) is 4.90 Å². The molecule has 3 aromatic rings. The molecule has 5 rings (SSSR count). The molecule has 1 atom stereocenters. The van der Waals surface area contributed by atoms with Crippen LogP contribution in [0.25, 0.3) is 16.9 Å². The van der Waals surface area contributed by atoms with Crippen LogP contribution in [0.15, 0.2) is 30.6 Å². The van der Waals surface area contributed by atoms with Crippen LogP contribution >= 0.6 is 0 Å². The number of aromatic nitrogens is 4. The van der Waals surface area contributed by atoms with Gasteiger partial charge in [-0.1, -0.05) is 6.07 Å². The summed E-state index contributed by atoms with van der Waals surface area (Å²) in [5.74, 6) is -0.490. The first-order chi connectivity index (χ1) is 16.0. The fourth-order valence-corrected chi connectivity index (χ4v) is 4.37. The molecule has 174 valence electrons. The summed E-state index contributed by atoms with van der Waals surface area (Å²) in [5.41, 5.74) is 1.40. The number of ether oxygens (including phenoxy) is 1. The van der Waals surface area contributed by atoms with Crippen molar-refractivity contribution in [3.05, 3.63) is 36.4 Å². The van der Waals surface area contributed by atoms with Gasteiger partial charge < -0.3 is 24.7 Å². The number of aliphatic hydroxyl groups excluding tert-OH is 1. The maximum Gasteiger partial charge on any atom is 0.407 e. The van der Waals surface area contributed by atoms with Crippen molar-refractivity contribution in [2.45, 2.75) is 37.9 Å². The molecule has 2 aliphatic rings. The van der Waals surface area contributed by atoms with E-state index < -0.39 is 24.1 Å². The molecule has 0 bridgehead atoms. The van der Waals surface area contributed by atoms with Crippen LogP contribution in [0.4, 0.5) is 15.0 Å². The monoisotopic (exact) mass is 456 g/mol. The van der Waals surface area contributed by atoms with Crippen LogP contribution in [0.3, 0.4) is 0 Å². The number of rotatable bonds is 4. The van der Waals surface area contributed by atoms with Crippen molar-refractivity contribution in [2.24, 2.45) is 0 Å². The van der Waals surface area contributed by atoms with Gasteiger partial charge in [-0.15, -0.1) is 0 Å². The van der Waals surface area contributed by atoms with E-state index in [1.807, 2.05) is 18.2 Å². The minimum atomic E-state index is -1.02. The Balaban J connectivity index is 1.54. The quantitative estimate of drug-likeness (QED) is 0.615. The van der Waals surface area contributed by atoms with E-state index in [-0.39, 0.29) is 24.1 Å². The Bertz CT molecular complexity index is 1160. The van der Waals surface area contributed by atoms with Crippen LogP contribution in [0.1, 0.15) is 25.7 Å². The molecule has 3 aromatic heterocycles. The van der Waals surface area contributed by atoms with Crippen molar-refractivity contribution in [2.75, 3.05) is 31.1 Å². The van der Waals surface area contributed by atoms with Gasteiger partial charge in [-0.3, -0.25) is 0 Å². The Hall–Kier alpha value is -3.47. The van der Waals surface area contributed by atoms with E-state index in [0.717, 1.165) is 5.52 Å². The first-order valence-corrected chi connectivity index (χ1v) is 11.1. The van der Waals surface area contributed by atoms with Crippen LogP contribution in [-0.4, -0.2) is 79.2 Å². The van der Waals surface area contributed by atoms with Crippen molar-refractivity contribution in [3.8, 4) is 17.3 Å². The molecule has 2 N–H and O–H groups in total. The lowest BCUT2D eigenvalue weighted by atomic mass is 10.1. The van der Waals surface area contributed by atoms with Crippen LogP contribution in [0.2, 0.25) is 0 Å². The van der Waals surface area contributed by atoms with Gasteiger partial charge in [0.2, 0.25) is 5.82 Å². The van der Waals surface area contributed by atoms with Gasteiger partial charge >= 0.3 is 6.09 Å². The van der Waals surface area contributed by atoms with Crippen molar-refractivity contribution in [3.63, 3.8) is 0 Å². The summed E-state index contributed by atoms with van der Waals surface area (Å²) < 4.78 is 23.2. The molecule has 0 aliphatic carbocycles. The Kier molecular flexibility index (Phi) is 5.71. The smallest absolute Gasteiger partial charge is 0.407 e. The Morgan fingerprint density at radius 1 is 1.15 bits per heavy atom. The zero-order chi connectivity index (χ0) is 22.9. The highest BCUT2D eigenvalue weighted by Crippen LogP contribution is 2.32. The van der Waals surface area contributed by atoms with Gasteiger partial charge in [-0.2, -0.15) is 14.5 Å². The molecule has 1 amide bonds. The van der Waals surface area contributed by atoms with E-state index in [9.17, 15) is 15.0 Å². The highest BCUT2D eigenvalue weighted by atomic mass is 19.1. The molecule has 0 radical (unpaired) electrons. The Labute approximate surface area is 189 Å². The molecule has 2 fully saturated rings. The van der Waals surface area contributed by atoms with E-state index in [0.29, 0.717) is 50.9 Å². The summed E-state index contributed by atoms with van der Waals surface area (Å²) in [6.07, 6.45) is 3.75. The van der Waals surface area contributed by atoms with Gasteiger partial charge in [0.1, 0.15) is 6.10 Å². The molecule has 0 saturated carbocycles. The minimum Gasteiger partial charge on any atom is -0.470 e. The second-order valence-corrected chi connectivity index (χ2v) is 8.41. The van der Waals surface area contributed by atoms with E-state index >= 15 is 4.39 Å². The summed E-state index contributed by atoms with van der Waals surface area (Å²) in [6, 6.07) is 5.60. The second-order valence-electron chi connectivity index (χ2n) is 8.41. The minimum absolute atomic E-state index is 0.114. The number of halogens is 1. The second kappa shape index (κ2) is 8.81. The number of carboxylic acid groups (broad SMARTS) is 1. The Morgan fingerprint density at radius 3 is 2.76 bits per heavy atom. The van der Waals surface area contributed by atoms with Crippen LogP contribution in [-0.2, 0) is 0 Å². The predicted octanol–water partition coefficient (Wildman–Crippen LogP) is 2.41. The van der Waals surface area contributed by atoms with Crippen molar-refractivity contribution >= 4 is 17.4 Å². The van der Waals surface area contributed by atoms with Crippen molar-refractivity contribution in [1.29, 1.82) is 0 Å². The number of fused-ring (bicyclic) bond motifs is 1. The first kappa shape index (κ1) is 21.4. The van der Waals surface area contributed by atoms with Crippen LogP contribution in [0.5, 0.6) is 5.88 Å². The van der Waals surface area contributed by atoms with Crippen molar-refractivity contribution < 1.29 is 24.1 Å². The largest absolute Gasteiger partial charge is 0.470 e. The Morgan fingerprint density at radius 2 is 1.97 bits per heavy atom. The molecular formula is C22H25FN6O4. The standard InChI is InChI=1S/C22H25FN6O4/c23-18-20(27-10-6-14(30)7-11-27)25-19(16-12-24-29-9-2-1-5-17(16)29)26-21(18)33-15-4-3-8-28(13-15)22(31)32/h1-2,5,9,12,14-15,30H,3-4,6-8,10-11,13H2,(H,31,32)/t15-/m1/s1. The average molecular weight is 456 g/mol. The topological polar surface area (TPSA) is 116 Å². The van der Waals surface area contributed by atoms with Gasteiger partial charge in [-0.25, -0.2) is 14.3 Å². The maximum atomic E-state index is 15.6. The summed E-state index contributed by atoms with van der Waals surface area (Å²) in [7, 11) is 0. The number of hydrogen-bond donors (Lipinski definition) is 2. The van der Waals surface area contributed by atoms with Gasteiger partial charge in [-0.05, 0) is 37.8 Å². The number of hydrogen-bond acceptors (Lipinski definition) is 7. The molecule has 0 aromatic carbocycles. The zero-order valence-corrected chi connectivity index (χ0v) is 18.0. The lowest BCUT2D eigenvalue weighted by Gasteiger charge is -2.32. The highest BCUT2D eigenvalue weighted by molar-refractivity contribution is 5.76. The normalized spacial score (nSPS) is 19.8. The molecule has 33 heavy (non-hydrogen) atoms. The van der Waals surface area contributed by atoms with E-state index in [1.54, 1.807) is 21.8 Å². The molecule has 10 nitrogen and oxygen atoms in total. The number of pyridine rings is 1. The fraction of sp³-hybridized carbons (Fsp3) is 0.455. The number of amides is 1. The third-order valence-electron chi connectivity index (χ3n) is 6.16. The van der Waals surface area contributed by atoms with E-state index in [4.69, 9.17) is 4.74 Å². The number of nitrogens with zero attached hydrogens (tertiary/aromatic N) is 6. The van der Waals surface area contributed by atoms with Gasteiger partial charge in [0, 0.05) is 25.8 Å².